The average Bonchev–Trinajstić information content (AvgIpc) is 2.92. The van der Waals surface area contributed by atoms with Crippen LogP contribution in [0, 0.1) is 0 Å². The topological polar surface area (TPSA) is 54.9 Å². The van der Waals surface area contributed by atoms with Crippen LogP contribution in [0.1, 0.15) is 17.0 Å². The van der Waals surface area contributed by atoms with Crippen molar-refractivity contribution in [3.05, 3.63) is 45.9 Å². The number of nitrogens with zero attached hydrogens (tertiary/aromatic N) is 2. The first-order chi connectivity index (χ1) is 10.2. The number of benzene rings is 1. The van der Waals surface area contributed by atoms with Gasteiger partial charge in [-0.15, -0.1) is 21.8 Å². The Hall–Kier alpha value is -1.43. The van der Waals surface area contributed by atoms with Gasteiger partial charge in [-0.05, 0) is 30.2 Å². The molecule has 1 aromatic carbocycles. The Bertz CT molecular complexity index is 625. The predicted molar refractivity (Wildman–Crippen MR) is 88.1 cm³/mol. The summed E-state index contributed by atoms with van der Waals surface area (Å²) in [6.07, 6.45) is 4.78. The molecule has 0 saturated heterocycles. The van der Waals surface area contributed by atoms with Crippen LogP contribution in [0.5, 0.6) is 0 Å². The lowest BCUT2D eigenvalue weighted by Gasteiger charge is -1.95. The zero-order chi connectivity index (χ0) is 15.1. The third-order valence-corrected chi connectivity index (χ3v) is 3.94. The van der Waals surface area contributed by atoms with Crippen LogP contribution < -0.4 is 5.32 Å². The molecule has 1 heterocycles. The minimum Gasteiger partial charge on any atom is -0.297 e. The number of amides is 1. The van der Waals surface area contributed by atoms with E-state index in [0.29, 0.717) is 16.0 Å². The largest absolute Gasteiger partial charge is 0.297 e. The number of hydrogen-bond acceptors (Lipinski definition) is 4. The Morgan fingerprint density at radius 1 is 1.29 bits per heavy atom. The molecule has 0 bridgehead atoms. The average molecular weight is 342 g/mol. The standard InChI is InChI=1S/C14H13Cl2N3OS/c15-9-1-2-13-18-19-14(21-13)17-12(20)8-5-10-3-6-11(16)7-4-10/h3-8H,1-2,9H2,(H,17,19,20)/b8-5+. The molecular formula is C14H13Cl2N3OS. The smallest absolute Gasteiger partial charge is 0.250 e. The van der Waals surface area contributed by atoms with E-state index in [9.17, 15) is 4.79 Å². The van der Waals surface area contributed by atoms with E-state index in [4.69, 9.17) is 23.2 Å². The Morgan fingerprint density at radius 3 is 2.76 bits per heavy atom. The predicted octanol–water partition coefficient (Wildman–Crippen LogP) is 4.01. The summed E-state index contributed by atoms with van der Waals surface area (Å²) in [6.45, 7) is 0. The fraction of sp³-hybridized carbons (Fsp3) is 0.214. The molecule has 0 aliphatic heterocycles. The first-order valence-corrected chi connectivity index (χ1v) is 8.03. The Kier molecular flexibility index (Phi) is 6.17. The van der Waals surface area contributed by atoms with Gasteiger partial charge in [-0.2, -0.15) is 0 Å². The van der Waals surface area contributed by atoms with Gasteiger partial charge < -0.3 is 0 Å². The van der Waals surface area contributed by atoms with Crippen molar-refractivity contribution in [2.45, 2.75) is 12.8 Å². The summed E-state index contributed by atoms with van der Waals surface area (Å²) >= 11 is 12.8. The van der Waals surface area contributed by atoms with Crippen LogP contribution in [-0.4, -0.2) is 22.0 Å². The van der Waals surface area contributed by atoms with E-state index in [2.05, 4.69) is 15.5 Å². The summed E-state index contributed by atoms with van der Waals surface area (Å²) < 4.78 is 0. The van der Waals surface area contributed by atoms with E-state index in [-0.39, 0.29) is 5.91 Å². The van der Waals surface area contributed by atoms with Crippen LogP contribution in [0.3, 0.4) is 0 Å². The molecule has 0 atom stereocenters. The van der Waals surface area contributed by atoms with Crippen LogP contribution in [0.4, 0.5) is 5.13 Å². The highest BCUT2D eigenvalue weighted by atomic mass is 35.5. The second kappa shape index (κ2) is 8.12. The van der Waals surface area contributed by atoms with Crippen molar-refractivity contribution < 1.29 is 4.79 Å². The molecule has 21 heavy (non-hydrogen) atoms. The van der Waals surface area contributed by atoms with Crippen LogP contribution in [0.2, 0.25) is 5.02 Å². The maximum atomic E-state index is 11.8. The SMILES string of the molecule is O=C(/C=C/c1ccc(Cl)cc1)Nc1nnc(CCCCl)s1. The number of nitrogens with one attached hydrogen (secondary N) is 1. The lowest BCUT2D eigenvalue weighted by Crippen LogP contribution is -2.07. The molecule has 1 amide bonds. The van der Waals surface area contributed by atoms with Gasteiger partial charge in [-0.25, -0.2) is 0 Å². The molecule has 1 N–H and O–H groups in total. The fourth-order valence-electron chi connectivity index (χ4n) is 1.52. The van der Waals surface area contributed by atoms with Crippen LogP contribution in [0.15, 0.2) is 30.3 Å². The van der Waals surface area contributed by atoms with Gasteiger partial charge in [0.1, 0.15) is 5.01 Å². The van der Waals surface area contributed by atoms with Gasteiger partial charge in [0.25, 0.3) is 0 Å². The number of aromatic nitrogens is 2. The molecule has 7 heteroatoms. The van der Waals surface area contributed by atoms with Gasteiger partial charge >= 0.3 is 0 Å². The molecule has 0 saturated carbocycles. The van der Waals surface area contributed by atoms with E-state index >= 15 is 0 Å². The van der Waals surface area contributed by atoms with E-state index in [1.54, 1.807) is 18.2 Å². The van der Waals surface area contributed by atoms with Crippen LogP contribution >= 0.6 is 34.5 Å². The first-order valence-electron chi connectivity index (χ1n) is 6.30. The van der Waals surface area contributed by atoms with E-state index in [0.717, 1.165) is 23.4 Å². The maximum Gasteiger partial charge on any atom is 0.250 e. The highest BCUT2D eigenvalue weighted by Gasteiger charge is 2.05. The fourth-order valence-corrected chi connectivity index (χ4v) is 2.56. The molecule has 1 aromatic heterocycles. The summed E-state index contributed by atoms with van der Waals surface area (Å²) in [5.74, 6) is 0.343. The molecule has 0 aliphatic carbocycles. The molecule has 0 radical (unpaired) electrons. The molecule has 0 fully saturated rings. The van der Waals surface area contributed by atoms with Crippen molar-refractivity contribution >= 4 is 51.7 Å². The van der Waals surface area contributed by atoms with Crippen LogP contribution in [-0.2, 0) is 11.2 Å². The van der Waals surface area contributed by atoms with Gasteiger partial charge in [0.2, 0.25) is 11.0 Å². The number of carbonyl (C=O) groups excluding carboxylic acids is 1. The van der Waals surface area contributed by atoms with Crippen molar-refractivity contribution in [2.24, 2.45) is 0 Å². The maximum absolute atomic E-state index is 11.8. The number of aryl methyl sites for hydroxylation is 1. The van der Waals surface area contributed by atoms with Gasteiger partial charge in [-0.1, -0.05) is 35.1 Å². The lowest BCUT2D eigenvalue weighted by atomic mass is 10.2. The summed E-state index contributed by atoms with van der Waals surface area (Å²) in [7, 11) is 0. The number of alkyl halides is 1. The van der Waals surface area contributed by atoms with Gasteiger partial charge in [0.05, 0.1) is 0 Å². The quantitative estimate of drug-likeness (QED) is 0.637. The Morgan fingerprint density at radius 2 is 2.05 bits per heavy atom. The van der Waals surface area contributed by atoms with Crippen molar-refractivity contribution in [2.75, 3.05) is 11.2 Å². The highest BCUT2D eigenvalue weighted by Crippen LogP contribution is 2.17. The molecular weight excluding hydrogens is 329 g/mol. The van der Waals surface area contributed by atoms with Gasteiger partial charge in [-0.3, -0.25) is 10.1 Å². The highest BCUT2D eigenvalue weighted by molar-refractivity contribution is 7.15. The summed E-state index contributed by atoms with van der Waals surface area (Å²) in [6, 6.07) is 7.21. The Labute approximate surface area is 136 Å². The van der Waals surface area contributed by atoms with Crippen LogP contribution in [0.25, 0.3) is 6.08 Å². The number of halogens is 2. The molecule has 4 nitrogen and oxygen atoms in total. The molecule has 2 aromatic rings. The normalized spacial score (nSPS) is 11.0. The molecule has 0 unspecified atom stereocenters. The third-order valence-electron chi connectivity index (χ3n) is 2.52. The van der Waals surface area contributed by atoms with E-state index in [1.807, 2.05) is 12.1 Å². The second-order valence-electron chi connectivity index (χ2n) is 4.17. The molecule has 110 valence electrons. The minimum atomic E-state index is -0.245. The molecule has 0 spiro atoms. The number of anilines is 1. The van der Waals surface area contributed by atoms with Gasteiger partial charge in [0, 0.05) is 23.4 Å². The van der Waals surface area contributed by atoms with E-state index in [1.165, 1.54) is 17.4 Å². The number of rotatable bonds is 6. The molecule has 2 rings (SSSR count). The lowest BCUT2D eigenvalue weighted by molar-refractivity contribution is -0.111. The van der Waals surface area contributed by atoms with Crippen molar-refractivity contribution in [1.29, 1.82) is 0 Å². The monoisotopic (exact) mass is 341 g/mol. The van der Waals surface area contributed by atoms with Crippen molar-refractivity contribution in [3.63, 3.8) is 0 Å². The second-order valence-corrected chi connectivity index (χ2v) is 6.04. The Balaban J connectivity index is 1.89. The molecule has 0 aliphatic rings. The summed E-state index contributed by atoms with van der Waals surface area (Å²) in [5.41, 5.74) is 0.898. The first kappa shape index (κ1) is 15.9. The van der Waals surface area contributed by atoms with Gasteiger partial charge in [0.15, 0.2) is 0 Å². The van der Waals surface area contributed by atoms with E-state index < -0.39 is 0 Å². The minimum absolute atomic E-state index is 0.245. The summed E-state index contributed by atoms with van der Waals surface area (Å²) in [5, 5.41) is 12.6. The number of carbonyl (C=O) groups is 1. The zero-order valence-corrected chi connectivity index (χ0v) is 13.4. The third kappa shape index (κ3) is 5.46. The zero-order valence-electron chi connectivity index (χ0n) is 11.1. The summed E-state index contributed by atoms with van der Waals surface area (Å²) in [4.78, 5) is 11.8. The van der Waals surface area contributed by atoms with Crippen molar-refractivity contribution in [1.82, 2.24) is 10.2 Å². The van der Waals surface area contributed by atoms with Crippen molar-refractivity contribution in [3.8, 4) is 0 Å². The number of hydrogen-bond donors (Lipinski definition) is 1.